The van der Waals surface area contributed by atoms with E-state index in [1.165, 1.54) is 7.11 Å². The lowest BCUT2D eigenvalue weighted by atomic mass is 10.2. The van der Waals surface area contributed by atoms with Crippen LogP contribution in [0, 0.1) is 3.57 Å². The Balaban J connectivity index is 2.49. The molecule has 0 fully saturated rings. The van der Waals surface area contributed by atoms with E-state index in [1.807, 2.05) is 6.20 Å². The molecule has 88 valence electrons. The van der Waals surface area contributed by atoms with Crippen LogP contribution in [0.15, 0.2) is 30.6 Å². The van der Waals surface area contributed by atoms with Crippen LogP contribution in [0.25, 0.3) is 5.69 Å². The van der Waals surface area contributed by atoms with E-state index in [-0.39, 0.29) is 0 Å². The summed E-state index contributed by atoms with van der Waals surface area (Å²) in [5.41, 5.74) is 7.52. The van der Waals surface area contributed by atoms with Crippen LogP contribution in [0.3, 0.4) is 0 Å². The van der Waals surface area contributed by atoms with E-state index in [0.717, 1.165) is 3.57 Å². The van der Waals surface area contributed by atoms with Crippen molar-refractivity contribution in [2.24, 2.45) is 0 Å². The Bertz CT molecular complexity index is 566. The highest BCUT2D eigenvalue weighted by Gasteiger charge is 2.10. The van der Waals surface area contributed by atoms with Crippen molar-refractivity contribution >= 4 is 34.2 Å². The molecule has 0 bridgehead atoms. The van der Waals surface area contributed by atoms with Gasteiger partial charge in [0.1, 0.15) is 0 Å². The Morgan fingerprint density at radius 1 is 1.53 bits per heavy atom. The van der Waals surface area contributed by atoms with E-state index in [0.29, 0.717) is 16.9 Å². The third-order valence-electron chi connectivity index (χ3n) is 2.25. The fourth-order valence-corrected chi connectivity index (χ4v) is 1.81. The van der Waals surface area contributed by atoms with E-state index in [9.17, 15) is 4.79 Å². The van der Waals surface area contributed by atoms with Gasteiger partial charge in [-0.15, -0.1) is 0 Å². The van der Waals surface area contributed by atoms with Crippen LogP contribution in [0.4, 0.5) is 5.69 Å². The van der Waals surface area contributed by atoms with Crippen LogP contribution in [0.5, 0.6) is 0 Å². The van der Waals surface area contributed by atoms with Gasteiger partial charge in [0, 0.05) is 6.20 Å². The molecule has 1 aromatic heterocycles. The lowest BCUT2D eigenvalue weighted by Crippen LogP contribution is -2.06. The second kappa shape index (κ2) is 4.74. The van der Waals surface area contributed by atoms with Crippen LogP contribution in [-0.2, 0) is 4.74 Å². The van der Waals surface area contributed by atoms with Crippen LogP contribution in [-0.4, -0.2) is 22.9 Å². The largest absolute Gasteiger partial charge is 0.465 e. The number of methoxy groups -OCH3 is 1. The predicted octanol–water partition coefficient (Wildman–Crippen LogP) is 1.85. The molecule has 6 heteroatoms. The smallest absolute Gasteiger partial charge is 0.337 e. The minimum absolute atomic E-state index is 0.395. The summed E-state index contributed by atoms with van der Waals surface area (Å²) in [6.45, 7) is 0. The Kier molecular flexibility index (Phi) is 3.32. The summed E-state index contributed by atoms with van der Waals surface area (Å²) in [7, 11) is 1.34. The number of carbonyl (C=O) groups excluding carboxylic acids is 1. The summed E-state index contributed by atoms with van der Waals surface area (Å²) in [6.07, 6.45) is 3.54. The quantitative estimate of drug-likeness (QED) is 0.513. The number of esters is 1. The van der Waals surface area contributed by atoms with Crippen LogP contribution < -0.4 is 5.73 Å². The first-order valence-electron chi connectivity index (χ1n) is 4.80. The van der Waals surface area contributed by atoms with E-state index >= 15 is 0 Å². The third-order valence-corrected chi connectivity index (χ3v) is 2.81. The number of rotatable bonds is 2. The van der Waals surface area contributed by atoms with E-state index in [2.05, 4.69) is 32.4 Å². The van der Waals surface area contributed by atoms with Crippen molar-refractivity contribution in [2.45, 2.75) is 0 Å². The van der Waals surface area contributed by atoms with E-state index in [4.69, 9.17) is 5.73 Å². The molecule has 0 saturated heterocycles. The second-order valence-corrected chi connectivity index (χ2v) is 4.61. The summed E-state index contributed by atoms with van der Waals surface area (Å²) in [5, 5.41) is 4.15. The molecule has 0 spiro atoms. The highest BCUT2D eigenvalue weighted by molar-refractivity contribution is 14.1. The molecule has 17 heavy (non-hydrogen) atoms. The van der Waals surface area contributed by atoms with Gasteiger partial charge in [-0.05, 0) is 40.8 Å². The molecule has 0 aliphatic carbocycles. The highest BCUT2D eigenvalue weighted by atomic mass is 127. The van der Waals surface area contributed by atoms with Gasteiger partial charge in [0.15, 0.2) is 0 Å². The van der Waals surface area contributed by atoms with Gasteiger partial charge in [-0.2, -0.15) is 5.10 Å². The number of hydrogen-bond donors (Lipinski definition) is 1. The summed E-state index contributed by atoms with van der Waals surface area (Å²) < 4.78 is 7.28. The Morgan fingerprint density at radius 2 is 2.29 bits per heavy atom. The third kappa shape index (κ3) is 2.41. The maximum atomic E-state index is 11.4. The zero-order valence-corrected chi connectivity index (χ0v) is 11.2. The molecule has 1 aromatic carbocycles. The molecular formula is C11H10IN3O2. The van der Waals surface area contributed by atoms with Crippen molar-refractivity contribution in [1.82, 2.24) is 9.78 Å². The number of nitrogen functional groups attached to an aromatic ring is 1. The standard InChI is InChI=1S/C11H10IN3O2/c1-17-11(16)7-2-3-9(13)10(4-7)15-6-8(12)5-14-15/h2-6H,13H2,1H3. The van der Waals surface area contributed by atoms with Crippen LogP contribution in [0.2, 0.25) is 0 Å². The van der Waals surface area contributed by atoms with Gasteiger partial charge in [-0.25, -0.2) is 9.48 Å². The first-order valence-corrected chi connectivity index (χ1v) is 5.88. The molecule has 2 N–H and O–H groups in total. The molecule has 0 unspecified atom stereocenters. The average molecular weight is 343 g/mol. The number of anilines is 1. The Hall–Kier alpha value is -1.57. The minimum atomic E-state index is -0.395. The molecule has 2 rings (SSSR count). The van der Waals surface area contributed by atoms with Crippen molar-refractivity contribution < 1.29 is 9.53 Å². The molecule has 2 aromatic rings. The SMILES string of the molecule is COC(=O)c1ccc(N)c(-n2cc(I)cn2)c1. The number of halogens is 1. The number of benzene rings is 1. The normalized spacial score (nSPS) is 10.2. The molecule has 0 amide bonds. The maximum absolute atomic E-state index is 11.4. The van der Waals surface area contributed by atoms with Crippen molar-refractivity contribution in [3.05, 3.63) is 39.7 Å². The van der Waals surface area contributed by atoms with Crippen LogP contribution in [0.1, 0.15) is 10.4 Å². The number of aromatic nitrogens is 2. The lowest BCUT2D eigenvalue weighted by Gasteiger charge is -2.07. The highest BCUT2D eigenvalue weighted by Crippen LogP contribution is 2.19. The van der Waals surface area contributed by atoms with Crippen molar-refractivity contribution in [1.29, 1.82) is 0 Å². The maximum Gasteiger partial charge on any atom is 0.337 e. The minimum Gasteiger partial charge on any atom is -0.465 e. The van der Waals surface area contributed by atoms with Gasteiger partial charge in [-0.1, -0.05) is 0 Å². The zero-order valence-electron chi connectivity index (χ0n) is 9.05. The van der Waals surface area contributed by atoms with Gasteiger partial charge >= 0.3 is 5.97 Å². The van der Waals surface area contributed by atoms with E-state index in [1.54, 1.807) is 29.1 Å². The number of carbonyl (C=O) groups is 1. The van der Waals surface area contributed by atoms with Crippen molar-refractivity contribution in [3.63, 3.8) is 0 Å². The molecule has 5 nitrogen and oxygen atoms in total. The number of ether oxygens (including phenoxy) is 1. The summed E-state index contributed by atoms with van der Waals surface area (Å²) in [6, 6.07) is 4.94. The number of nitrogens with zero attached hydrogens (tertiary/aromatic N) is 2. The van der Waals surface area contributed by atoms with Gasteiger partial charge in [0.05, 0.1) is 33.8 Å². The van der Waals surface area contributed by atoms with Crippen molar-refractivity contribution in [2.75, 3.05) is 12.8 Å². The fourth-order valence-electron chi connectivity index (χ4n) is 1.42. The van der Waals surface area contributed by atoms with Crippen LogP contribution >= 0.6 is 22.6 Å². The topological polar surface area (TPSA) is 70.1 Å². The lowest BCUT2D eigenvalue weighted by molar-refractivity contribution is 0.0600. The predicted molar refractivity (Wildman–Crippen MR) is 72.0 cm³/mol. The molecule has 0 saturated carbocycles. The van der Waals surface area contributed by atoms with Crippen molar-refractivity contribution in [3.8, 4) is 5.69 Å². The second-order valence-electron chi connectivity index (χ2n) is 3.37. The van der Waals surface area contributed by atoms with E-state index < -0.39 is 5.97 Å². The van der Waals surface area contributed by atoms with Gasteiger partial charge in [0.2, 0.25) is 0 Å². The molecule has 0 aliphatic heterocycles. The molecule has 0 aliphatic rings. The van der Waals surface area contributed by atoms with Gasteiger partial charge in [0.25, 0.3) is 0 Å². The first-order chi connectivity index (χ1) is 8.11. The molecular weight excluding hydrogens is 333 g/mol. The summed E-state index contributed by atoms with van der Waals surface area (Å²) >= 11 is 2.15. The number of hydrogen-bond acceptors (Lipinski definition) is 4. The Morgan fingerprint density at radius 3 is 2.88 bits per heavy atom. The Labute approximate surface area is 112 Å². The first kappa shape index (κ1) is 11.9. The monoisotopic (exact) mass is 343 g/mol. The summed E-state index contributed by atoms with van der Waals surface area (Å²) in [4.78, 5) is 11.4. The zero-order chi connectivity index (χ0) is 12.4. The fraction of sp³-hybridized carbons (Fsp3) is 0.0909. The number of nitrogens with two attached hydrogens (primary N) is 1. The summed E-state index contributed by atoms with van der Waals surface area (Å²) in [5.74, 6) is -0.395. The molecule has 1 heterocycles. The van der Waals surface area contributed by atoms with Gasteiger partial charge < -0.3 is 10.5 Å². The molecule has 0 radical (unpaired) electrons. The van der Waals surface area contributed by atoms with Gasteiger partial charge in [-0.3, -0.25) is 0 Å². The average Bonchev–Trinajstić information content (AvgIpc) is 2.75. The molecule has 0 atom stereocenters.